The summed E-state index contributed by atoms with van der Waals surface area (Å²) < 4.78 is 11.3. The molecule has 0 radical (unpaired) electrons. The summed E-state index contributed by atoms with van der Waals surface area (Å²) in [5, 5.41) is 11.3. The second kappa shape index (κ2) is 11.9. The van der Waals surface area contributed by atoms with Crippen molar-refractivity contribution in [3.8, 4) is 11.5 Å². The van der Waals surface area contributed by atoms with E-state index in [0.717, 1.165) is 13.1 Å². The molecule has 35 heavy (non-hydrogen) atoms. The SMILES string of the molecule is CCN(CC)CCN1C(=O)C(=O)/C(=C(/O)c2ccc(OCC(C)C)cc2)[C@@H]1c1ccccc1OC. The second-order valence-electron chi connectivity index (χ2n) is 8.99. The molecule has 0 unspecified atom stereocenters. The van der Waals surface area contributed by atoms with Gasteiger partial charge in [-0.15, -0.1) is 0 Å². The predicted molar refractivity (Wildman–Crippen MR) is 137 cm³/mol. The molecule has 7 nitrogen and oxygen atoms in total. The quantitative estimate of drug-likeness (QED) is 0.290. The van der Waals surface area contributed by atoms with Gasteiger partial charge in [0.15, 0.2) is 0 Å². The minimum atomic E-state index is -0.751. The lowest BCUT2D eigenvalue weighted by atomic mass is 9.94. The average molecular weight is 481 g/mol. The molecule has 1 aliphatic rings. The summed E-state index contributed by atoms with van der Waals surface area (Å²) in [6.07, 6.45) is 0. The number of para-hydroxylation sites is 1. The first kappa shape index (κ1) is 26.3. The predicted octanol–water partition coefficient (Wildman–Crippen LogP) is 4.49. The summed E-state index contributed by atoms with van der Waals surface area (Å²) in [6.45, 7) is 11.5. The number of ketones is 1. The van der Waals surface area contributed by atoms with Gasteiger partial charge < -0.3 is 24.4 Å². The minimum Gasteiger partial charge on any atom is -0.507 e. The van der Waals surface area contributed by atoms with Gasteiger partial charge in [0, 0.05) is 24.2 Å². The maximum Gasteiger partial charge on any atom is 0.295 e. The number of benzene rings is 2. The molecule has 1 atom stereocenters. The summed E-state index contributed by atoms with van der Waals surface area (Å²) in [4.78, 5) is 30.2. The number of aliphatic hydroxyl groups is 1. The molecule has 2 aromatic rings. The summed E-state index contributed by atoms with van der Waals surface area (Å²) in [6, 6.07) is 13.5. The van der Waals surface area contributed by atoms with Gasteiger partial charge in [0.25, 0.3) is 11.7 Å². The normalized spacial score (nSPS) is 17.5. The van der Waals surface area contributed by atoms with E-state index in [1.54, 1.807) is 42.3 Å². The van der Waals surface area contributed by atoms with Crippen LogP contribution in [0.1, 0.15) is 44.9 Å². The van der Waals surface area contributed by atoms with Gasteiger partial charge >= 0.3 is 0 Å². The van der Waals surface area contributed by atoms with Crippen molar-refractivity contribution < 1.29 is 24.2 Å². The van der Waals surface area contributed by atoms with Crippen molar-refractivity contribution >= 4 is 17.4 Å². The maximum atomic E-state index is 13.3. The number of carbonyl (C=O) groups is 2. The van der Waals surface area contributed by atoms with E-state index in [4.69, 9.17) is 9.47 Å². The van der Waals surface area contributed by atoms with Crippen molar-refractivity contribution in [1.82, 2.24) is 9.80 Å². The molecule has 0 saturated carbocycles. The van der Waals surface area contributed by atoms with Crippen LogP contribution in [0.25, 0.3) is 5.76 Å². The number of hydrogen-bond donors (Lipinski definition) is 1. The topological polar surface area (TPSA) is 79.3 Å². The van der Waals surface area contributed by atoms with Gasteiger partial charge in [-0.25, -0.2) is 0 Å². The van der Waals surface area contributed by atoms with Crippen molar-refractivity contribution in [3.63, 3.8) is 0 Å². The number of nitrogens with zero attached hydrogens (tertiary/aromatic N) is 2. The van der Waals surface area contributed by atoms with Crippen LogP contribution in [0.2, 0.25) is 0 Å². The van der Waals surface area contributed by atoms with E-state index in [9.17, 15) is 14.7 Å². The highest BCUT2D eigenvalue weighted by atomic mass is 16.5. The number of aliphatic hydroxyl groups excluding tert-OH is 1. The summed E-state index contributed by atoms with van der Waals surface area (Å²) in [5.41, 5.74) is 1.17. The Kier molecular flexibility index (Phi) is 8.93. The molecular weight excluding hydrogens is 444 g/mol. The lowest BCUT2D eigenvalue weighted by Crippen LogP contribution is -2.38. The number of ether oxygens (including phenoxy) is 2. The van der Waals surface area contributed by atoms with E-state index in [1.807, 2.05) is 18.2 Å². The molecule has 1 N–H and O–H groups in total. The zero-order chi connectivity index (χ0) is 25.5. The van der Waals surface area contributed by atoms with Crippen LogP contribution in [-0.4, -0.2) is 66.5 Å². The Labute approximate surface area is 207 Å². The average Bonchev–Trinajstić information content (AvgIpc) is 3.12. The van der Waals surface area contributed by atoms with Gasteiger partial charge in [-0.1, -0.05) is 45.9 Å². The van der Waals surface area contributed by atoms with Crippen LogP contribution in [0.5, 0.6) is 11.5 Å². The number of amides is 1. The molecule has 1 amide bonds. The van der Waals surface area contributed by atoms with Crippen molar-refractivity contribution in [2.24, 2.45) is 5.92 Å². The fourth-order valence-electron chi connectivity index (χ4n) is 4.24. The molecule has 3 rings (SSSR count). The van der Waals surface area contributed by atoms with Gasteiger partial charge in [0.05, 0.1) is 25.3 Å². The van der Waals surface area contributed by atoms with E-state index in [-0.39, 0.29) is 11.3 Å². The zero-order valence-corrected chi connectivity index (χ0v) is 21.3. The first-order chi connectivity index (χ1) is 16.8. The van der Waals surface area contributed by atoms with E-state index in [0.29, 0.717) is 48.2 Å². The second-order valence-corrected chi connectivity index (χ2v) is 8.99. The molecule has 0 spiro atoms. The fraction of sp³-hybridized carbons (Fsp3) is 0.429. The third-order valence-electron chi connectivity index (χ3n) is 6.24. The van der Waals surface area contributed by atoms with Crippen LogP contribution in [-0.2, 0) is 9.59 Å². The number of likely N-dealkylation sites (tertiary alicyclic amines) is 1. The zero-order valence-electron chi connectivity index (χ0n) is 21.3. The van der Waals surface area contributed by atoms with Crippen LogP contribution in [0.15, 0.2) is 54.1 Å². The smallest absolute Gasteiger partial charge is 0.295 e. The highest BCUT2D eigenvalue weighted by molar-refractivity contribution is 6.46. The number of rotatable bonds is 11. The lowest BCUT2D eigenvalue weighted by Gasteiger charge is -2.29. The number of methoxy groups -OCH3 is 1. The number of Topliss-reactive ketones (excluding diaryl/α,β-unsaturated/α-hetero) is 1. The van der Waals surface area contributed by atoms with E-state index in [1.165, 1.54) is 0 Å². The van der Waals surface area contributed by atoms with Crippen molar-refractivity contribution in [1.29, 1.82) is 0 Å². The molecule has 2 aromatic carbocycles. The van der Waals surface area contributed by atoms with Crippen molar-refractivity contribution in [3.05, 3.63) is 65.2 Å². The van der Waals surface area contributed by atoms with Crippen LogP contribution >= 0.6 is 0 Å². The largest absolute Gasteiger partial charge is 0.507 e. The summed E-state index contributed by atoms with van der Waals surface area (Å²) >= 11 is 0. The Morgan fingerprint density at radius 1 is 1.06 bits per heavy atom. The third kappa shape index (κ3) is 5.85. The molecular formula is C28H36N2O5. The molecule has 1 aliphatic heterocycles. The van der Waals surface area contributed by atoms with Gasteiger partial charge in [-0.2, -0.15) is 0 Å². The first-order valence-corrected chi connectivity index (χ1v) is 12.2. The van der Waals surface area contributed by atoms with E-state index in [2.05, 4.69) is 32.6 Å². The lowest BCUT2D eigenvalue weighted by molar-refractivity contribution is -0.140. The Balaban J connectivity index is 2.05. The Bertz CT molecular complexity index is 1060. The van der Waals surface area contributed by atoms with Crippen LogP contribution in [0.4, 0.5) is 0 Å². The molecule has 188 valence electrons. The summed E-state index contributed by atoms with van der Waals surface area (Å²) in [7, 11) is 1.55. The third-order valence-corrected chi connectivity index (χ3v) is 6.24. The number of hydrogen-bond acceptors (Lipinski definition) is 6. The van der Waals surface area contributed by atoms with Crippen molar-refractivity contribution in [2.75, 3.05) is 39.9 Å². The van der Waals surface area contributed by atoms with Gasteiger partial charge in [-0.05, 0) is 49.3 Å². The maximum absolute atomic E-state index is 13.3. The molecule has 7 heteroatoms. The van der Waals surface area contributed by atoms with E-state index < -0.39 is 17.7 Å². The van der Waals surface area contributed by atoms with Crippen LogP contribution in [0.3, 0.4) is 0 Å². The van der Waals surface area contributed by atoms with E-state index >= 15 is 0 Å². The Morgan fingerprint density at radius 2 is 1.71 bits per heavy atom. The number of likely N-dealkylation sites (N-methyl/N-ethyl adjacent to an activating group) is 1. The van der Waals surface area contributed by atoms with Gasteiger partial charge in [0.2, 0.25) is 0 Å². The molecule has 0 aliphatic carbocycles. The molecule has 1 saturated heterocycles. The number of carbonyl (C=O) groups excluding carboxylic acids is 2. The van der Waals surface area contributed by atoms with Gasteiger partial charge in [0.1, 0.15) is 17.3 Å². The van der Waals surface area contributed by atoms with Crippen LogP contribution < -0.4 is 9.47 Å². The fourth-order valence-corrected chi connectivity index (χ4v) is 4.24. The Morgan fingerprint density at radius 3 is 2.31 bits per heavy atom. The highest BCUT2D eigenvalue weighted by Crippen LogP contribution is 2.42. The molecule has 1 fully saturated rings. The van der Waals surface area contributed by atoms with Gasteiger partial charge in [-0.3, -0.25) is 9.59 Å². The first-order valence-electron chi connectivity index (χ1n) is 12.2. The minimum absolute atomic E-state index is 0.0647. The molecule has 1 heterocycles. The Hall–Kier alpha value is -3.32. The van der Waals surface area contributed by atoms with Crippen molar-refractivity contribution in [2.45, 2.75) is 33.7 Å². The van der Waals surface area contributed by atoms with Crippen LogP contribution in [0, 0.1) is 5.92 Å². The molecule has 0 aromatic heterocycles. The highest BCUT2D eigenvalue weighted by Gasteiger charge is 2.46. The standard InChI is InChI=1S/C28H36N2O5/c1-6-29(7-2)16-17-30-25(22-10-8-9-11-23(22)34-5)24(27(32)28(30)33)26(31)20-12-14-21(15-13-20)35-18-19(3)4/h8-15,19,25,31H,6-7,16-18H2,1-5H3/b26-24+/t25-/m0/s1. The summed E-state index contributed by atoms with van der Waals surface area (Å²) in [5.74, 6) is 0.0904. The monoisotopic (exact) mass is 480 g/mol. The molecule has 0 bridgehead atoms.